The number of rotatable bonds is 64. The topological polar surface area (TPSA) is 204 Å². The molecule has 436 valence electrons. The van der Waals surface area contributed by atoms with Crippen molar-refractivity contribution in [2.45, 2.75) is 180 Å². The third-order valence-corrected chi connectivity index (χ3v) is 11.4. The molecule has 0 amide bonds. The van der Waals surface area contributed by atoms with Crippen LogP contribution in [0.4, 0.5) is 0 Å². The smallest absolute Gasteiger partial charge is 0.305 e. The van der Waals surface area contributed by atoms with E-state index in [-0.39, 0.29) is 45.0 Å². The van der Waals surface area contributed by atoms with Crippen molar-refractivity contribution >= 4 is 11.9 Å². The van der Waals surface area contributed by atoms with E-state index in [1.807, 2.05) is 0 Å². The molecule has 0 aliphatic carbocycles. The molecule has 0 aliphatic heterocycles. The van der Waals surface area contributed by atoms with E-state index in [1.54, 1.807) is 0 Å². The van der Waals surface area contributed by atoms with E-state index in [2.05, 4.69) is 13.8 Å². The number of unbranched alkanes of at least 4 members (excludes halogenated alkanes) is 20. The summed E-state index contributed by atoms with van der Waals surface area (Å²) in [5, 5.41) is 18.6. The first-order chi connectivity index (χ1) is 36.1. The number of aliphatic hydroxyl groups is 2. The molecule has 0 aromatic heterocycles. The second kappa shape index (κ2) is 62.9. The molecule has 0 rings (SSSR count). The minimum atomic E-state index is -1.02. The van der Waals surface area contributed by atoms with E-state index in [9.17, 15) is 14.7 Å². The molecule has 18 nitrogen and oxygen atoms in total. The average molecular weight is 1060 g/mol. The van der Waals surface area contributed by atoms with Crippen molar-refractivity contribution in [3.8, 4) is 0 Å². The number of esters is 2. The van der Waals surface area contributed by atoms with E-state index in [1.165, 1.54) is 103 Å². The van der Waals surface area contributed by atoms with Gasteiger partial charge in [0.05, 0.1) is 152 Å². The third kappa shape index (κ3) is 59.5. The Hall–Kier alpha value is -1.62. The van der Waals surface area contributed by atoms with Crippen LogP contribution in [0.5, 0.6) is 0 Å². The highest BCUT2D eigenvalue weighted by Crippen LogP contribution is 2.14. The number of hydrogen-bond donors (Lipinski definition) is 2. The van der Waals surface area contributed by atoms with Crippen LogP contribution in [0.1, 0.15) is 168 Å². The fourth-order valence-electron chi connectivity index (χ4n) is 7.24. The molecule has 0 fully saturated rings. The van der Waals surface area contributed by atoms with Crippen molar-refractivity contribution in [3.05, 3.63) is 0 Å². The lowest BCUT2D eigenvalue weighted by atomic mass is 10.1. The molecule has 0 aliphatic rings. The van der Waals surface area contributed by atoms with Crippen LogP contribution in [0.25, 0.3) is 0 Å². The molecule has 1 atom stereocenters. The van der Waals surface area contributed by atoms with E-state index < -0.39 is 19.0 Å². The van der Waals surface area contributed by atoms with Gasteiger partial charge in [-0.15, -0.1) is 0 Å². The fourth-order valence-corrected chi connectivity index (χ4v) is 7.24. The fraction of sp³-hybridized carbons (Fsp3) is 0.964. The van der Waals surface area contributed by atoms with Crippen molar-refractivity contribution in [1.29, 1.82) is 0 Å². The summed E-state index contributed by atoms with van der Waals surface area (Å²) < 4.78 is 77.4. The predicted octanol–water partition coefficient (Wildman–Crippen LogP) is 8.35. The Labute approximate surface area is 442 Å². The summed E-state index contributed by atoms with van der Waals surface area (Å²) in [5.74, 6) is -0.636. The van der Waals surface area contributed by atoms with Crippen LogP contribution < -0.4 is 0 Å². The van der Waals surface area contributed by atoms with Gasteiger partial charge in [-0.3, -0.25) is 9.59 Å². The maximum atomic E-state index is 12.6. The molecular weight excluding hydrogens is 949 g/mol. The molecule has 1 unspecified atom stereocenters. The Morgan fingerprint density at radius 2 is 0.575 bits per heavy atom. The molecule has 0 heterocycles. The second-order valence-electron chi connectivity index (χ2n) is 18.0. The summed E-state index contributed by atoms with van der Waals surface area (Å²) >= 11 is 0. The second-order valence-corrected chi connectivity index (χ2v) is 18.0. The van der Waals surface area contributed by atoms with Gasteiger partial charge in [0.25, 0.3) is 0 Å². The van der Waals surface area contributed by atoms with Crippen molar-refractivity contribution in [3.63, 3.8) is 0 Å². The summed E-state index contributed by atoms with van der Waals surface area (Å²) in [7, 11) is 0. The van der Waals surface area contributed by atoms with Gasteiger partial charge in [0.15, 0.2) is 6.29 Å². The molecule has 2 N–H and O–H groups in total. The minimum absolute atomic E-state index is 0.0137. The van der Waals surface area contributed by atoms with Gasteiger partial charge in [0.2, 0.25) is 0 Å². The summed E-state index contributed by atoms with van der Waals surface area (Å²) in [5.41, 5.74) is 0. The largest absolute Gasteiger partial charge is 0.463 e. The lowest BCUT2D eigenvalue weighted by molar-refractivity contribution is -0.213. The number of ether oxygens (including phenoxy) is 14. The van der Waals surface area contributed by atoms with Gasteiger partial charge >= 0.3 is 11.9 Å². The highest BCUT2D eigenvalue weighted by Gasteiger charge is 2.21. The third-order valence-electron chi connectivity index (χ3n) is 11.4. The highest BCUT2D eigenvalue weighted by molar-refractivity contribution is 5.69. The molecule has 0 saturated carbocycles. The average Bonchev–Trinajstić information content (AvgIpc) is 3.40. The van der Waals surface area contributed by atoms with Crippen LogP contribution in [-0.4, -0.2) is 200 Å². The monoisotopic (exact) mass is 1060 g/mol. The Morgan fingerprint density at radius 3 is 0.836 bits per heavy atom. The van der Waals surface area contributed by atoms with Crippen LogP contribution in [0.15, 0.2) is 0 Å². The quantitative estimate of drug-likeness (QED) is 0.0334. The Kier molecular flexibility index (Phi) is 61.5. The van der Waals surface area contributed by atoms with Crippen molar-refractivity contribution < 1.29 is 86.1 Å². The molecule has 0 aromatic carbocycles. The maximum absolute atomic E-state index is 12.6. The molecule has 0 aromatic rings. The zero-order valence-electron chi connectivity index (χ0n) is 46.2. The van der Waals surface area contributed by atoms with Crippen LogP contribution in [0.2, 0.25) is 0 Å². The van der Waals surface area contributed by atoms with Crippen LogP contribution >= 0.6 is 0 Å². The van der Waals surface area contributed by atoms with Crippen molar-refractivity contribution in [2.75, 3.05) is 165 Å². The van der Waals surface area contributed by atoms with E-state index in [0.717, 1.165) is 38.5 Å². The summed E-state index contributed by atoms with van der Waals surface area (Å²) in [6, 6.07) is 0. The standard InChI is InChI=1S/C55H108O18/c1-3-5-7-9-11-13-15-17-19-21-23-25-53(58)71-50-52(51-72-54(59)26-24-22-20-18-16-14-12-10-8-6-4-2)73-55(49-57)70-48-47-69-46-45-68-44-43-67-42-41-66-40-39-65-38-37-64-36-35-63-34-33-62-32-31-61-30-29-60-28-27-56/h52,55-57H,3-51H2,1-2H3. The first kappa shape index (κ1) is 71.4. The van der Waals surface area contributed by atoms with Gasteiger partial charge in [-0.25, -0.2) is 0 Å². The highest BCUT2D eigenvalue weighted by atomic mass is 16.7. The Balaban J connectivity index is 4.07. The van der Waals surface area contributed by atoms with E-state index in [0.29, 0.717) is 138 Å². The lowest BCUT2D eigenvalue weighted by Crippen LogP contribution is -2.35. The molecule has 0 bridgehead atoms. The van der Waals surface area contributed by atoms with Gasteiger partial charge < -0.3 is 76.5 Å². The molecule has 18 heteroatoms. The van der Waals surface area contributed by atoms with Crippen molar-refractivity contribution in [1.82, 2.24) is 0 Å². The van der Waals surface area contributed by atoms with Crippen LogP contribution in [-0.2, 0) is 75.9 Å². The van der Waals surface area contributed by atoms with Crippen LogP contribution in [0.3, 0.4) is 0 Å². The van der Waals surface area contributed by atoms with Gasteiger partial charge in [0.1, 0.15) is 19.3 Å². The first-order valence-corrected chi connectivity index (χ1v) is 28.6. The number of carbonyl (C=O) groups excluding carboxylic acids is 2. The first-order valence-electron chi connectivity index (χ1n) is 28.6. The van der Waals surface area contributed by atoms with Gasteiger partial charge in [-0.05, 0) is 12.8 Å². The number of carbonyl (C=O) groups is 2. The molecule has 0 spiro atoms. The zero-order valence-corrected chi connectivity index (χ0v) is 46.2. The Bertz CT molecular complexity index is 1040. The van der Waals surface area contributed by atoms with Gasteiger partial charge in [0, 0.05) is 12.8 Å². The maximum Gasteiger partial charge on any atom is 0.305 e. The summed E-state index contributed by atoms with van der Waals surface area (Å²) in [6.45, 7) is 12.7. The van der Waals surface area contributed by atoms with Gasteiger partial charge in [-0.2, -0.15) is 0 Å². The SMILES string of the molecule is CCCCCCCCCCCCCC(=O)OCC(COC(=O)CCCCCCCCCCCCC)OC(CO)OCCOCCOCCOCCOCCOCCOCCOCCOCCOCCOCCO. The Morgan fingerprint density at radius 1 is 0.329 bits per heavy atom. The van der Waals surface area contributed by atoms with E-state index in [4.69, 9.17) is 71.4 Å². The molecular formula is C55H108O18. The minimum Gasteiger partial charge on any atom is -0.463 e. The normalized spacial score (nSPS) is 12.1. The number of hydrogen-bond acceptors (Lipinski definition) is 18. The van der Waals surface area contributed by atoms with E-state index >= 15 is 0 Å². The number of aliphatic hydroxyl groups excluding tert-OH is 2. The van der Waals surface area contributed by atoms with Crippen molar-refractivity contribution in [2.24, 2.45) is 0 Å². The molecule has 0 saturated heterocycles. The lowest BCUT2D eigenvalue weighted by Gasteiger charge is -2.23. The van der Waals surface area contributed by atoms with Gasteiger partial charge in [-0.1, -0.05) is 142 Å². The molecule has 0 radical (unpaired) electrons. The van der Waals surface area contributed by atoms with Crippen LogP contribution in [0, 0.1) is 0 Å². The summed E-state index contributed by atoms with van der Waals surface area (Å²) in [6.07, 6.45) is 25.2. The zero-order chi connectivity index (χ0) is 52.9. The molecule has 73 heavy (non-hydrogen) atoms. The predicted molar refractivity (Wildman–Crippen MR) is 281 cm³/mol. The summed E-state index contributed by atoms with van der Waals surface area (Å²) in [4.78, 5) is 25.3.